The number of hydrogen-bond acceptors (Lipinski definition) is 7. The van der Waals surface area contributed by atoms with E-state index in [2.05, 4.69) is 60.9 Å². The number of hydrogen-bond donors (Lipinski definition) is 4. The van der Waals surface area contributed by atoms with E-state index in [0.29, 0.717) is 18.0 Å². The molecular formula is C30H28N8OS. The van der Waals surface area contributed by atoms with Crippen LogP contribution in [0.25, 0.3) is 55.2 Å². The first kappa shape index (κ1) is 24.6. The average molecular weight is 549 g/mol. The normalized spacial score (nSPS) is 14.2. The van der Waals surface area contributed by atoms with Crippen LogP contribution in [-0.2, 0) is 4.79 Å². The Labute approximate surface area is 234 Å². The van der Waals surface area contributed by atoms with E-state index in [1.54, 1.807) is 23.7 Å². The molecule has 0 unspecified atom stereocenters. The molecule has 1 aliphatic heterocycles. The van der Waals surface area contributed by atoms with Crippen LogP contribution >= 0.6 is 11.3 Å². The lowest BCUT2D eigenvalue weighted by Gasteiger charge is -2.21. The summed E-state index contributed by atoms with van der Waals surface area (Å²) in [7, 11) is 0. The quantitative estimate of drug-likeness (QED) is 0.205. The average Bonchev–Trinajstić information content (AvgIpc) is 3.71. The number of piperidine rings is 1. The van der Waals surface area contributed by atoms with E-state index in [1.165, 1.54) is 4.88 Å². The molecule has 1 amide bonds. The lowest BCUT2D eigenvalue weighted by Crippen LogP contribution is -2.30. The predicted molar refractivity (Wildman–Crippen MR) is 159 cm³/mol. The number of aryl methyl sites for hydroxylation is 1. The number of carbonyl (C=O) groups is 1. The standard InChI is InChI=1S/C30H28N8OS/c1-17-2-5-26(40-17)28-21-14-25(35-23(21)8-11-33-28)30-29-24(37-38-30)4-3-22(36-29)19-13-20(16-32-15-19)34-27(39)12-18-6-9-31-10-7-18/h2-5,8,11,13-16,18,31,35H,6-7,9-10,12H2,1H3,(H,34,39)(H,37,38). The number of nitrogens with one attached hydrogen (secondary N) is 4. The van der Waals surface area contributed by atoms with Crippen LogP contribution in [0.2, 0.25) is 0 Å². The Balaban J connectivity index is 1.19. The zero-order chi connectivity index (χ0) is 27.1. The summed E-state index contributed by atoms with van der Waals surface area (Å²) in [5, 5.41) is 15.1. The lowest BCUT2D eigenvalue weighted by molar-refractivity contribution is -0.117. The molecule has 0 bridgehead atoms. The molecule has 40 heavy (non-hydrogen) atoms. The number of carbonyl (C=O) groups excluding carboxylic acids is 1. The third-order valence-corrected chi connectivity index (χ3v) is 8.44. The highest BCUT2D eigenvalue weighted by molar-refractivity contribution is 7.15. The maximum atomic E-state index is 12.7. The molecule has 9 nitrogen and oxygen atoms in total. The molecule has 4 N–H and O–H groups in total. The highest BCUT2D eigenvalue weighted by Gasteiger charge is 2.18. The Hall–Kier alpha value is -4.41. The van der Waals surface area contributed by atoms with Crippen LogP contribution in [0, 0.1) is 12.8 Å². The van der Waals surface area contributed by atoms with E-state index in [-0.39, 0.29) is 5.91 Å². The Kier molecular flexibility index (Phi) is 6.33. The van der Waals surface area contributed by atoms with Crippen LogP contribution in [0.1, 0.15) is 24.1 Å². The van der Waals surface area contributed by atoms with Crippen LogP contribution < -0.4 is 10.6 Å². The smallest absolute Gasteiger partial charge is 0.224 e. The van der Waals surface area contributed by atoms with E-state index >= 15 is 0 Å². The molecule has 1 aliphatic rings. The maximum absolute atomic E-state index is 12.7. The highest BCUT2D eigenvalue weighted by Crippen LogP contribution is 2.35. The molecule has 7 heterocycles. The molecule has 0 aliphatic carbocycles. The van der Waals surface area contributed by atoms with Gasteiger partial charge in [0.1, 0.15) is 11.2 Å². The molecular weight excluding hydrogens is 520 g/mol. The first-order valence-corrected chi connectivity index (χ1v) is 14.3. The van der Waals surface area contributed by atoms with Gasteiger partial charge >= 0.3 is 0 Å². The van der Waals surface area contributed by atoms with Crippen LogP contribution in [0.5, 0.6) is 0 Å². The van der Waals surface area contributed by atoms with Crippen molar-refractivity contribution in [1.82, 2.24) is 35.5 Å². The predicted octanol–water partition coefficient (Wildman–Crippen LogP) is 5.93. The summed E-state index contributed by atoms with van der Waals surface area (Å²) >= 11 is 1.73. The summed E-state index contributed by atoms with van der Waals surface area (Å²) in [4.78, 5) is 32.6. The van der Waals surface area contributed by atoms with Crippen molar-refractivity contribution < 1.29 is 4.79 Å². The molecule has 10 heteroatoms. The molecule has 1 saturated heterocycles. The van der Waals surface area contributed by atoms with Gasteiger partial charge in [-0.15, -0.1) is 11.3 Å². The number of aromatic amines is 2. The van der Waals surface area contributed by atoms with E-state index < -0.39 is 0 Å². The summed E-state index contributed by atoms with van der Waals surface area (Å²) in [6, 6.07) is 14.1. The van der Waals surface area contributed by atoms with Crippen molar-refractivity contribution in [3.8, 4) is 33.2 Å². The SMILES string of the molecule is Cc1ccc(-c2nccc3[nH]c(-c4n[nH]c5ccc(-c6cncc(NC(=O)CC7CCNCC7)c6)nc45)cc23)s1. The van der Waals surface area contributed by atoms with Gasteiger partial charge in [-0.25, -0.2) is 4.98 Å². The number of nitrogens with zero attached hydrogens (tertiary/aromatic N) is 4. The van der Waals surface area contributed by atoms with E-state index in [9.17, 15) is 4.79 Å². The maximum Gasteiger partial charge on any atom is 0.224 e. The minimum absolute atomic E-state index is 0.0248. The van der Waals surface area contributed by atoms with Crippen molar-refractivity contribution >= 4 is 44.9 Å². The molecule has 0 radical (unpaired) electrons. The fraction of sp³-hybridized carbons (Fsp3) is 0.233. The Morgan fingerprint density at radius 2 is 1.95 bits per heavy atom. The van der Waals surface area contributed by atoms with Crippen molar-refractivity contribution in [2.75, 3.05) is 18.4 Å². The Bertz CT molecular complexity index is 1850. The molecule has 200 valence electrons. The second-order valence-electron chi connectivity index (χ2n) is 10.3. The Morgan fingerprint density at radius 3 is 2.80 bits per heavy atom. The van der Waals surface area contributed by atoms with Crippen LogP contribution in [0.4, 0.5) is 5.69 Å². The van der Waals surface area contributed by atoms with Gasteiger partial charge in [-0.1, -0.05) is 0 Å². The third-order valence-electron chi connectivity index (χ3n) is 7.44. The van der Waals surface area contributed by atoms with Crippen LogP contribution in [0.15, 0.2) is 61.1 Å². The molecule has 0 saturated carbocycles. The summed E-state index contributed by atoms with van der Waals surface area (Å²) in [6.45, 7) is 4.05. The van der Waals surface area contributed by atoms with Crippen molar-refractivity contribution in [3.05, 3.63) is 65.9 Å². The number of aromatic nitrogens is 6. The van der Waals surface area contributed by atoms with Crippen molar-refractivity contribution in [3.63, 3.8) is 0 Å². The van der Waals surface area contributed by atoms with Gasteiger partial charge in [0.15, 0.2) is 0 Å². The third kappa shape index (κ3) is 4.76. The number of thiophene rings is 1. The molecule has 0 spiro atoms. The monoisotopic (exact) mass is 548 g/mol. The minimum Gasteiger partial charge on any atom is -0.353 e. The van der Waals surface area contributed by atoms with Gasteiger partial charge in [-0.05, 0) is 81.2 Å². The summed E-state index contributed by atoms with van der Waals surface area (Å²) in [5.74, 6) is 0.448. The number of pyridine rings is 3. The number of amides is 1. The molecule has 0 aromatic carbocycles. The summed E-state index contributed by atoms with van der Waals surface area (Å²) in [5.41, 5.74) is 7.40. The second kappa shape index (κ2) is 10.3. The van der Waals surface area contributed by atoms with Crippen LogP contribution in [0.3, 0.4) is 0 Å². The highest BCUT2D eigenvalue weighted by atomic mass is 32.1. The van der Waals surface area contributed by atoms with Gasteiger partial charge in [0, 0.05) is 40.2 Å². The molecule has 6 aromatic rings. The van der Waals surface area contributed by atoms with Crippen molar-refractivity contribution in [1.29, 1.82) is 0 Å². The van der Waals surface area contributed by atoms with Crippen LogP contribution in [-0.4, -0.2) is 49.1 Å². The molecule has 6 aromatic heterocycles. The molecule has 1 fully saturated rings. The van der Waals surface area contributed by atoms with E-state index in [1.807, 2.05) is 30.5 Å². The summed E-state index contributed by atoms with van der Waals surface area (Å²) in [6.07, 6.45) is 7.87. The fourth-order valence-electron chi connectivity index (χ4n) is 5.40. The van der Waals surface area contributed by atoms with Gasteiger partial charge in [0.25, 0.3) is 0 Å². The fourth-order valence-corrected chi connectivity index (χ4v) is 6.27. The topological polar surface area (TPSA) is 124 Å². The lowest BCUT2D eigenvalue weighted by atomic mass is 9.94. The number of anilines is 1. The largest absolute Gasteiger partial charge is 0.353 e. The minimum atomic E-state index is 0.0248. The number of rotatable bonds is 6. The van der Waals surface area contributed by atoms with Gasteiger partial charge < -0.3 is 15.6 Å². The zero-order valence-corrected chi connectivity index (χ0v) is 22.8. The molecule has 0 atom stereocenters. The number of H-pyrrole nitrogens is 2. The van der Waals surface area contributed by atoms with E-state index in [0.717, 1.165) is 81.1 Å². The van der Waals surface area contributed by atoms with Gasteiger partial charge in [0.2, 0.25) is 5.91 Å². The summed E-state index contributed by atoms with van der Waals surface area (Å²) < 4.78 is 0. The van der Waals surface area contributed by atoms with Gasteiger partial charge in [-0.3, -0.25) is 19.9 Å². The second-order valence-corrected chi connectivity index (χ2v) is 11.6. The Morgan fingerprint density at radius 1 is 1.05 bits per heavy atom. The molecule has 7 rings (SSSR count). The van der Waals surface area contributed by atoms with Crippen molar-refractivity contribution in [2.45, 2.75) is 26.2 Å². The zero-order valence-electron chi connectivity index (χ0n) is 22.0. The van der Waals surface area contributed by atoms with E-state index in [4.69, 9.17) is 4.98 Å². The first-order chi connectivity index (χ1) is 19.6. The number of fused-ring (bicyclic) bond motifs is 2. The van der Waals surface area contributed by atoms with Crippen molar-refractivity contribution in [2.24, 2.45) is 5.92 Å². The van der Waals surface area contributed by atoms with Gasteiger partial charge in [-0.2, -0.15) is 5.10 Å². The van der Waals surface area contributed by atoms with Gasteiger partial charge in [0.05, 0.1) is 39.4 Å². The first-order valence-electron chi connectivity index (χ1n) is 13.5.